The topological polar surface area (TPSA) is 92.1 Å². The zero-order valence-corrected chi connectivity index (χ0v) is 15.6. The molecule has 1 amide bonds. The van der Waals surface area contributed by atoms with Gasteiger partial charge in [0.15, 0.2) is 11.3 Å². The molecule has 0 saturated carbocycles. The summed E-state index contributed by atoms with van der Waals surface area (Å²) in [5.74, 6) is -0.848. The van der Waals surface area contributed by atoms with Crippen LogP contribution in [-0.2, 0) is 9.59 Å². The van der Waals surface area contributed by atoms with E-state index in [0.29, 0.717) is 26.5 Å². The van der Waals surface area contributed by atoms with E-state index in [0.717, 1.165) is 0 Å². The number of thiazole rings is 1. The van der Waals surface area contributed by atoms with E-state index < -0.39 is 12.1 Å². The van der Waals surface area contributed by atoms with E-state index in [1.165, 1.54) is 34.9 Å². The number of thioether (sulfide) groups is 1. The molecule has 7 nitrogen and oxygen atoms in total. The molecule has 1 unspecified atom stereocenters. The number of carbonyl (C=O) groups excluding carboxylic acids is 1. The molecule has 1 aromatic carbocycles. The second-order valence-electron chi connectivity index (χ2n) is 5.32. The molecule has 1 aliphatic heterocycles. The van der Waals surface area contributed by atoms with E-state index in [-0.39, 0.29) is 5.91 Å². The third kappa shape index (κ3) is 3.94. The highest BCUT2D eigenvalue weighted by Gasteiger charge is 2.31. The quantitative estimate of drug-likeness (QED) is 0.790. The van der Waals surface area contributed by atoms with Crippen LogP contribution >= 0.6 is 23.1 Å². The second kappa shape index (κ2) is 7.71. The van der Waals surface area contributed by atoms with Gasteiger partial charge in [-0.15, -0.1) is 11.3 Å². The van der Waals surface area contributed by atoms with Gasteiger partial charge in [0.2, 0.25) is 5.13 Å². The van der Waals surface area contributed by atoms with Crippen molar-refractivity contribution in [1.29, 1.82) is 0 Å². The van der Waals surface area contributed by atoms with E-state index in [1.54, 1.807) is 43.6 Å². The summed E-state index contributed by atoms with van der Waals surface area (Å²) in [7, 11) is 1.65. The summed E-state index contributed by atoms with van der Waals surface area (Å²) in [6.07, 6.45) is 2.34. The average molecular weight is 389 g/mol. The number of amides is 1. The first-order chi connectivity index (χ1) is 12.5. The Balaban J connectivity index is 1.89. The number of nitrogens with zero attached hydrogens (tertiary/aromatic N) is 3. The number of aliphatic imine (C=N–C) groups is 1. The Labute approximate surface area is 158 Å². The molecule has 1 aliphatic rings. The molecule has 1 saturated heterocycles. The minimum absolute atomic E-state index is 0.189. The van der Waals surface area contributed by atoms with Gasteiger partial charge in [-0.1, -0.05) is 18.2 Å². The molecule has 2 heterocycles. The number of carboxylic acid groups (broad SMARTS) is 1. The largest absolute Gasteiger partial charge is 0.479 e. The monoisotopic (exact) mass is 389 g/mol. The maximum Gasteiger partial charge on any atom is 0.344 e. The molecule has 0 radical (unpaired) electrons. The van der Waals surface area contributed by atoms with Crippen molar-refractivity contribution in [3.63, 3.8) is 0 Å². The maximum atomic E-state index is 12.5. The summed E-state index contributed by atoms with van der Waals surface area (Å²) in [4.78, 5) is 33.9. The summed E-state index contributed by atoms with van der Waals surface area (Å²) in [5, 5.41) is 12.0. The number of carboxylic acids is 1. The minimum atomic E-state index is -1.06. The molecule has 3 rings (SSSR count). The van der Waals surface area contributed by atoms with Gasteiger partial charge in [0, 0.05) is 24.2 Å². The van der Waals surface area contributed by atoms with Crippen molar-refractivity contribution in [1.82, 2.24) is 9.88 Å². The molecule has 9 heteroatoms. The van der Waals surface area contributed by atoms with Crippen molar-refractivity contribution < 1.29 is 19.4 Å². The standard InChI is InChI=1S/C17H15N3O4S2/c1-10(15(22)23)24-12-6-4-3-5-11(12)9-13-14(21)20(2)17(26-13)19-16-18-7-8-25-16/h3-10H,1-2H3,(H,22,23)/b13-9+,19-17+. The van der Waals surface area contributed by atoms with E-state index >= 15 is 0 Å². The molecule has 26 heavy (non-hydrogen) atoms. The summed E-state index contributed by atoms with van der Waals surface area (Å²) in [5.41, 5.74) is 0.625. The van der Waals surface area contributed by atoms with Crippen LogP contribution in [0.25, 0.3) is 6.08 Å². The first kappa shape index (κ1) is 18.2. The Kier molecular flexibility index (Phi) is 5.38. The van der Waals surface area contributed by atoms with Crippen LogP contribution in [0.2, 0.25) is 0 Å². The minimum Gasteiger partial charge on any atom is -0.479 e. The van der Waals surface area contributed by atoms with Gasteiger partial charge in [0.1, 0.15) is 5.75 Å². The predicted molar refractivity (Wildman–Crippen MR) is 102 cm³/mol. The van der Waals surface area contributed by atoms with Gasteiger partial charge in [0.05, 0.1) is 4.91 Å². The van der Waals surface area contributed by atoms with Crippen LogP contribution in [0.3, 0.4) is 0 Å². The normalized spacial score (nSPS) is 18.5. The van der Waals surface area contributed by atoms with Crippen LogP contribution in [0, 0.1) is 0 Å². The van der Waals surface area contributed by atoms with Crippen molar-refractivity contribution in [3.8, 4) is 5.75 Å². The lowest BCUT2D eigenvalue weighted by Crippen LogP contribution is -2.24. The first-order valence-electron chi connectivity index (χ1n) is 7.60. The Morgan fingerprint density at radius 3 is 2.88 bits per heavy atom. The lowest BCUT2D eigenvalue weighted by atomic mass is 10.2. The van der Waals surface area contributed by atoms with Crippen molar-refractivity contribution >= 4 is 51.4 Å². The smallest absolute Gasteiger partial charge is 0.344 e. The van der Waals surface area contributed by atoms with Gasteiger partial charge in [-0.25, -0.2) is 9.78 Å². The van der Waals surface area contributed by atoms with Gasteiger partial charge in [0.25, 0.3) is 5.91 Å². The molecule has 0 spiro atoms. The molecular formula is C17H15N3O4S2. The zero-order valence-electron chi connectivity index (χ0n) is 13.9. The van der Waals surface area contributed by atoms with Crippen LogP contribution in [-0.4, -0.2) is 45.2 Å². The molecular weight excluding hydrogens is 374 g/mol. The molecule has 0 aliphatic carbocycles. The number of aromatic nitrogens is 1. The Hall–Kier alpha value is -2.65. The van der Waals surface area contributed by atoms with Crippen molar-refractivity contribution in [2.45, 2.75) is 13.0 Å². The second-order valence-corrected chi connectivity index (χ2v) is 7.20. The third-order valence-electron chi connectivity index (χ3n) is 3.47. The van der Waals surface area contributed by atoms with Crippen molar-refractivity contribution in [2.75, 3.05) is 7.05 Å². The highest BCUT2D eigenvalue weighted by Crippen LogP contribution is 2.35. The van der Waals surface area contributed by atoms with Crippen LogP contribution in [0.4, 0.5) is 5.13 Å². The van der Waals surface area contributed by atoms with Crippen LogP contribution in [0.1, 0.15) is 12.5 Å². The number of aliphatic carboxylic acids is 1. The van der Waals surface area contributed by atoms with E-state index in [2.05, 4.69) is 9.98 Å². The number of para-hydroxylation sites is 1. The molecule has 0 bridgehead atoms. The van der Waals surface area contributed by atoms with E-state index in [4.69, 9.17) is 9.84 Å². The van der Waals surface area contributed by atoms with Crippen LogP contribution in [0.5, 0.6) is 5.75 Å². The summed E-state index contributed by atoms with van der Waals surface area (Å²) in [6.45, 7) is 1.45. The fraction of sp³-hybridized carbons (Fsp3) is 0.176. The molecule has 1 fully saturated rings. The molecule has 1 atom stereocenters. The van der Waals surface area contributed by atoms with Crippen molar-refractivity contribution in [3.05, 3.63) is 46.3 Å². The van der Waals surface area contributed by atoms with E-state index in [9.17, 15) is 9.59 Å². The number of benzene rings is 1. The Bertz CT molecular complexity index is 893. The summed E-state index contributed by atoms with van der Waals surface area (Å²) < 4.78 is 5.47. The number of rotatable bonds is 5. The van der Waals surface area contributed by atoms with Gasteiger partial charge in [-0.3, -0.25) is 9.69 Å². The van der Waals surface area contributed by atoms with Gasteiger partial charge in [-0.05, 0) is 30.8 Å². The number of ether oxygens (including phenoxy) is 1. The zero-order chi connectivity index (χ0) is 18.7. The van der Waals surface area contributed by atoms with Gasteiger partial charge >= 0.3 is 5.97 Å². The maximum absolute atomic E-state index is 12.5. The van der Waals surface area contributed by atoms with Gasteiger partial charge < -0.3 is 9.84 Å². The lowest BCUT2D eigenvalue weighted by molar-refractivity contribution is -0.144. The van der Waals surface area contributed by atoms with Crippen molar-refractivity contribution in [2.24, 2.45) is 4.99 Å². The van der Waals surface area contributed by atoms with Crippen LogP contribution in [0.15, 0.2) is 45.7 Å². The SMILES string of the molecule is CC(Oc1ccccc1/C=C1/S/C(=N/c2nccs2)N(C)C1=O)C(=O)O. The van der Waals surface area contributed by atoms with E-state index in [1.807, 2.05) is 5.38 Å². The molecule has 2 aromatic rings. The van der Waals surface area contributed by atoms with Crippen LogP contribution < -0.4 is 4.74 Å². The number of carbonyl (C=O) groups is 2. The average Bonchev–Trinajstić information content (AvgIpc) is 3.21. The predicted octanol–water partition coefficient (Wildman–Crippen LogP) is 3.23. The lowest BCUT2D eigenvalue weighted by Gasteiger charge is -2.12. The number of amidine groups is 1. The fourth-order valence-electron chi connectivity index (χ4n) is 2.09. The number of hydrogen-bond donors (Lipinski definition) is 1. The number of hydrogen-bond acceptors (Lipinski definition) is 7. The fourth-order valence-corrected chi connectivity index (χ4v) is 3.61. The first-order valence-corrected chi connectivity index (χ1v) is 9.29. The highest BCUT2D eigenvalue weighted by molar-refractivity contribution is 8.18. The summed E-state index contributed by atoms with van der Waals surface area (Å²) in [6, 6.07) is 6.98. The highest BCUT2D eigenvalue weighted by atomic mass is 32.2. The Morgan fingerprint density at radius 1 is 1.42 bits per heavy atom. The van der Waals surface area contributed by atoms with Gasteiger partial charge in [-0.2, -0.15) is 4.99 Å². The Morgan fingerprint density at radius 2 is 2.19 bits per heavy atom. The molecule has 1 N–H and O–H groups in total. The molecule has 1 aromatic heterocycles. The third-order valence-corrected chi connectivity index (χ3v) is 5.20. The molecule has 134 valence electrons. The number of likely N-dealkylation sites (N-methyl/N-ethyl adjacent to an activating group) is 1. The summed E-state index contributed by atoms with van der Waals surface area (Å²) >= 11 is 2.62.